The number of carbonyl (C=O) groups excluding carboxylic acids is 2. The number of thioether (sulfide) groups is 1. The minimum absolute atomic E-state index is 0.104. The summed E-state index contributed by atoms with van der Waals surface area (Å²) in [5.74, 6) is -0.811. The van der Waals surface area contributed by atoms with Crippen LogP contribution in [0.3, 0.4) is 0 Å². The first-order valence-corrected chi connectivity index (χ1v) is 17.2. The molecule has 49 heavy (non-hydrogen) atoms. The lowest BCUT2D eigenvalue weighted by atomic mass is 10.1. The van der Waals surface area contributed by atoms with Gasteiger partial charge in [0.2, 0.25) is 0 Å². The van der Waals surface area contributed by atoms with E-state index in [-0.39, 0.29) is 41.9 Å². The Morgan fingerprint density at radius 1 is 0.857 bits per heavy atom. The molecule has 2 unspecified atom stereocenters. The summed E-state index contributed by atoms with van der Waals surface area (Å²) in [5, 5.41) is 11.0. The third kappa shape index (κ3) is 7.94. The van der Waals surface area contributed by atoms with Crippen LogP contribution in [0.25, 0.3) is 0 Å². The van der Waals surface area contributed by atoms with E-state index in [1.807, 2.05) is 18.2 Å². The molecule has 2 aliphatic rings. The minimum atomic E-state index is -4.56. The molecule has 0 aromatic heterocycles. The number of non-ortho nitro benzene ring substituents is 1. The molecule has 0 radical (unpaired) electrons. The second-order valence-corrected chi connectivity index (χ2v) is 13.2. The zero-order valence-corrected chi connectivity index (χ0v) is 27.5. The monoisotopic (exact) mass is 701 g/mol. The van der Waals surface area contributed by atoms with Gasteiger partial charge in [-0.25, -0.2) is 4.79 Å². The van der Waals surface area contributed by atoms with E-state index in [0.29, 0.717) is 16.4 Å². The first-order chi connectivity index (χ1) is 23.7. The van der Waals surface area contributed by atoms with E-state index in [1.165, 1.54) is 47.9 Å². The largest absolute Gasteiger partial charge is 0.646 e. The highest BCUT2D eigenvalue weighted by atomic mass is 32.2. The van der Waals surface area contributed by atoms with E-state index >= 15 is 0 Å². The van der Waals surface area contributed by atoms with Crippen LogP contribution in [0.5, 0.6) is 17.2 Å². The molecule has 0 aliphatic carbocycles. The number of allylic oxidation sites excluding steroid dienone is 1. The van der Waals surface area contributed by atoms with Crippen LogP contribution in [0.4, 0.5) is 5.69 Å². The molecule has 250 valence electrons. The number of esters is 1. The molecule has 4 aromatic carbocycles. The summed E-state index contributed by atoms with van der Waals surface area (Å²) in [5.41, 5.74) is -0.0150. The smallest absolute Gasteiger partial charge is 0.487 e. The standard InChI is InChI=1S/C34H28N3O10PS/c1-23(45-48(42,46-27-13-7-3-8-14-27)47-28-15-9-4-10-16-28)31(34(39)44-21-24-17-19-25(20-18-24)37(40)41)36-32(38)30-33(36)49-29(35-30)22-43-26-11-5-2-6-12-26/h2-20,30,33H,21-22H2,1H3. The van der Waals surface area contributed by atoms with Gasteiger partial charge in [0.25, 0.3) is 11.6 Å². The SMILES string of the molecule is CC(OP(=O)(Oc1ccccc1)Oc1ccccc1)=C(C(=O)OCc1ccc([N+](=O)[O-])cc1)N1C(=O)C2N=C(COc3ccccc3)SC21. The maximum Gasteiger partial charge on any atom is 0.646 e. The molecule has 0 spiro atoms. The fourth-order valence-electron chi connectivity index (χ4n) is 4.81. The number of aliphatic imine (C=N–C) groups is 1. The van der Waals surface area contributed by atoms with Gasteiger partial charge in [-0.3, -0.25) is 24.8 Å². The first kappa shape index (κ1) is 33.3. The Labute approximate surface area is 284 Å². The number of carbonyl (C=O) groups is 2. The number of likely N-dealkylation sites (tertiary alicyclic amines) is 1. The van der Waals surface area contributed by atoms with Gasteiger partial charge in [0, 0.05) is 12.1 Å². The Morgan fingerprint density at radius 3 is 1.96 bits per heavy atom. The van der Waals surface area contributed by atoms with Gasteiger partial charge in [-0.15, -0.1) is 0 Å². The number of hydrogen-bond acceptors (Lipinski definition) is 12. The molecular formula is C34H28N3O10PS. The molecule has 15 heteroatoms. The molecule has 1 amide bonds. The van der Waals surface area contributed by atoms with Crippen LogP contribution in [0.1, 0.15) is 12.5 Å². The van der Waals surface area contributed by atoms with Crippen molar-refractivity contribution in [3.8, 4) is 17.2 Å². The Bertz CT molecular complexity index is 1900. The quantitative estimate of drug-likeness (QED) is 0.0256. The normalized spacial score (nSPS) is 17.1. The van der Waals surface area contributed by atoms with Crippen molar-refractivity contribution in [1.29, 1.82) is 0 Å². The molecule has 2 aliphatic heterocycles. The lowest BCUT2D eigenvalue weighted by Gasteiger charge is -2.41. The number of nitro benzene ring substituents is 1. The van der Waals surface area contributed by atoms with Gasteiger partial charge in [-0.2, -0.15) is 4.57 Å². The third-order valence-electron chi connectivity index (χ3n) is 7.11. The Hall–Kier alpha value is -5.59. The number of rotatable bonds is 14. The van der Waals surface area contributed by atoms with Crippen molar-refractivity contribution in [3.05, 3.63) is 142 Å². The van der Waals surface area contributed by atoms with E-state index in [9.17, 15) is 24.3 Å². The number of nitrogens with zero attached hydrogens (tertiary/aromatic N) is 3. The minimum Gasteiger partial charge on any atom is -0.487 e. The molecule has 13 nitrogen and oxygen atoms in total. The summed E-state index contributed by atoms with van der Waals surface area (Å²) >= 11 is 1.23. The highest BCUT2D eigenvalue weighted by molar-refractivity contribution is 8.15. The third-order valence-corrected chi connectivity index (χ3v) is 9.69. The second-order valence-electron chi connectivity index (χ2n) is 10.5. The molecule has 0 bridgehead atoms. The number of amides is 1. The molecule has 1 fully saturated rings. The van der Waals surface area contributed by atoms with Crippen LogP contribution < -0.4 is 13.8 Å². The molecule has 6 rings (SSSR count). The molecule has 0 N–H and O–H groups in total. The van der Waals surface area contributed by atoms with Crippen LogP contribution in [-0.2, 0) is 30.0 Å². The maximum atomic E-state index is 14.2. The summed E-state index contributed by atoms with van der Waals surface area (Å²) in [4.78, 5) is 43.5. The van der Waals surface area contributed by atoms with E-state index in [4.69, 9.17) is 23.0 Å². The van der Waals surface area contributed by atoms with Crippen LogP contribution in [0, 0.1) is 10.1 Å². The van der Waals surface area contributed by atoms with E-state index < -0.39 is 36.0 Å². The molecule has 2 heterocycles. The number of phosphoric acid groups is 1. The number of phosphoric ester groups is 1. The maximum absolute atomic E-state index is 14.2. The number of nitro groups is 1. The number of fused-ring (bicyclic) bond motifs is 1. The summed E-state index contributed by atoms with van der Waals surface area (Å²) in [6.07, 6.45) is 0. The van der Waals surface area contributed by atoms with Crippen LogP contribution >= 0.6 is 19.6 Å². The highest BCUT2D eigenvalue weighted by Gasteiger charge is 2.56. The van der Waals surface area contributed by atoms with Crippen molar-refractivity contribution in [3.63, 3.8) is 0 Å². The number of ether oxygens (including phenoxy) is 2. The molecule has 4 aromatic rings. The second kappa shape index (κ2) is 14.7. The summed E-state index contributed by atoms with van der Waals surface area (Å²) in [7, 11) is -4.56. The first-order valence-electron chi connectivity index (χ1n) is 14.8. The topological polar surface area (TPSA) is 156 Å². The molecule has 0 saturated carbocycles. The number of benzene rings is 4. The molecular weight excluding hydrogens is 673 g/mol. The van der Waals surface area contributed by atoms with Gasteiger partial charge in [-0.1, -0.05) is 66.4 Å². The van der Waals surface area contributed by atoms with E-state index in [2.05, 4.69) is 4.99 Å². The van der Waals surface area contributed by atoms with E-state index in [0.717, 1.165) is 0 Å². The Kier molecular flexibility index (Phi) is 9.97. The Morgan fingerprint density at radius 2 is 1.41 bits per heavy atom. The fourth-order valence-corrected chi connectivity index (χ4v) is 7.31. The van der Waals surface area contributed by atoms with Crippen LogP contribution in [0.2, 0.25) is 0 Å². The average molecular weight is 702 g/mol. The van der Waals surface area contributed by atoms with Crippen molar-refractivity contribution in [2.75, 3.05) is 6.61 Å². The summed E-state index contributed by atoms with van der Waals surface area (Å²) in [6, 6.07) is 30.1. The van der Waals surface area contributed by atoms with Gasteiger partial charge in [-0.05, 0) is 61.0 Å². The van der Waals surface area contributed by atoms with Gasteiger partial charge in [0.1, 0.15) is 46.6 Å². The van der Waals surface area contributed by atoms with Crippen molar-refractivity contribution < 1.29 is 42.1 Å². The van der Waals surface area contributed by atoms with Gasteiger partial charge in [0.15, 0.2) is 11.7 Å². The lowest BCUT2D eigenvalue weighted by Crippen LogP contribution is -2.61. The van der Waals surface area contributed by atoms with Crippen molar-refractivity contribution in [1.82, 2.24) is 4.90 Å². The van der Waals surface area contributed by atoms with Crippen molar-refractivity contribution in [2.45, 2.75) is 24.9 Å². The van der Waals surface area contributed by atoms with Gasteiger partial charge in [0.05, 0.1) is 4.92 Å². The summed E-state index contributed by atoms with van der Waals surface area (Å²) < 4.78 is 42.9. The summed E-state index contributed by atoms with van der Waals surface area (Å²) in [6.45, 7) is 1.16. The lowest BCUT2D eigenvalue weighted by molar-refractivity contribution is -0.384. The molecule has 2 atom stereocenters. The van der Waals surface area contributed by atoms with Crippen LogP contribution in [-0.4, -0.2) is 44.8 Å². The Balaban J connectivity index is 1.28. The molecule has 1 saturated heterocycles. The van der Waals surface area contributed by atoms with Crippen LogP contribution in [0.15, 0.2) is 132 Å². The highest BCUT2D eigenvalue weighted by Crippen LogP contribution is 2.52. The number of para-hydroxylation sites is 3. The predicted octanol–water partition coefficient (Wildman–Crippen LogP) is 6.91. The predicted molar refractivity (Wildman–Crippen MR) is 180 cm³/mol. The zero-order chi connectivity index (χ0) is 34.4. The number of β-lactam (4-membered cyclic amide) rings is 1. The van der Waals surface area contributed by atoms with Crippen molar-refractivity contribution in [2.24, 2.45) is 4.99 Å². The average Bonchev–Trinajstić information content (AvgIpc) is 3.49. The van der Waals surface area contributed by atoms with Crippen molar-refractivity contribution >= 4 is 42.2 Å². The van der Waals surface area contributed by atoms with E-state index in [1.54, 1.807) is 72.8 Å². The van der Waals surface area contributed by atoms with Gasteiger partial charge < -0.3 is 23.0 Å². The zero-order valence-electron chi connectivity index (χ0n) is 25.8. The number of hydrogen-bond donors (Lipinski definition) is 0. The van der Waals surface area contributed by atoms with Gasteiger partial charge >= 0.3 is 13.8 Å². The fraction of sp³-hybridized carbons (Fsp3) is 0.147.